The Morgan fingerprint density at radius 1 is 0.262 bits per heavy atom. The molecule has 14 aromatic rings. The van der Waals surface area contributed by atoms with E-state index in [1.54, 1.807) is 0 Å². The number of unbranched alkanes of at least 4 members (excludes halogenated alkanes) is 6. The summed E-state index contributed by atoms with van der Waals surface area (Å²) in [5.74, 6) is 1.71. The van der Waals surface area contributed by atoms with Gasteiger partial charge in [0.25, 0.3) is 0 Å². The Labute approximate surface area is 493 Å². The van der Waals surface area contributed by atoms with E-state index in [1.165, 1.54) is 101 Å². The fraction of sp³-hybridized carbons (Fsp3) is 0.146. The van der Waals surface area contributed by atoms with Gasteiger partial charge < -0.3 is 8.83 Å². The average molecular weight is 1090 g/mol. The maximum absolute atomic E-state index is 7.69. The molecule has 0 radical (unpaired) electrons. The van der Waals surface area contributed by atoms with Crippen molar-refractivity contribution in [2.45, 2.75) is 78.1 Å². The summed E-state index contributed by atoms with van der Waals surface area (Å²) in [5.41, 5.74) is 19.9. The fourth-order valence-corrected chi connectivity index (χ4v) is 13.0. The minimum atomic E-state index is 0.834. The van der Waals surface area contributed by atoms with Gasteiger partial charge in [-0.2, -0.15) is 0 Å². The van der Waals surface area contributed by atoms with Crippen molar-refractivity contribution in [3.63, 3.8) is 0 Å². The Hall–Kier alpha value is -9.50. The summed E-state index contributed by atoms with van der Waals surface area (Å²) in [7, 11) is 0. The normalized spacial score (nSPS) is 11.7. The molecule has 2 aromatic heterocycles. The largest absolute Gasteiger partial charge is 0.455 e. The summed E-state index contributed by atoms with van der Waals surface area (Å²) in [5, 5.41) is 9.07. The Bertz CT molecular complexity index is 4560. The molecule has 0 saturated carbocycles. The number of benzene rings is 12. The molecule has 0 atom stereocenters. The van der Waals surface area contributed by atoms with Crippen molar-refractivity contribution < 1.29 is 8.83 Å². The molecular weight excluding hydrogens is 1020 g/mol. The van der Waals surface area contributed by atoms with E-state index in [2.05, 4.69) is 269 Å². The first kappa shape index (κ1) is 52.6. The molecule has 14 rings (SSSR count). The van der Waals surface area contributed by atoms with E-state index in [0.29, 0.717) is 0 Å². The number of hydrogen-bond acceptors (Lipinski definition) is 2. The predicted octanol–water partition coefficient (Wildman–Crippen LogP) is 24.2. The van der Waals surface area contributed by atoms with Crippen molar-refractivity contribution in [1.29, 1.82) is 0 Å². The van der Waals surface area contributed by atoms with Gasteiger partial charge in [0.15, 0.2) is 0 Å². The van der Waals surface area contributed by atoms with Gasteiger partial charge in [0, 0.05) is 43.8 Å². The van der Waals surface area contributed by atoms with Crippen LogP contribution in [0.4, 0.5) is 0 Å². The van der Waals surface area contributed by atoms with E-state index in [9.17, 15) is 0 Å². The van der Waals surface area contributed by atoms with Crippen LogP contribution in [0.25, 0.3) is 144 Å². The first-order valence-electron chi connectivity index (χ1n) is 30.6. The molecule has 0 amide bonds. The van der Waals surface area contributed by atoms with Gasteiger partial charge in [0.05, 0.1) is 0 Å². The molecule has 0 aliphatic carbocycles. The van der Waals surface area contributed by atoms with Gasteiger partial charge in [-0.05, 0) is 132 Å². The van der Waals surface area contributed by atoms with E-state index in [4.69, 9.17) is 8.83 Å². The Morgan fingerprint density at radius 3 is 1.19 bits per heavy atom. The molecule has 2 heterocycles. The van der Waals surface area contributed by atoms with Gasteiger partial charge in [-0.15, -0.1) is 0 Å². The molecule has 408 valence electrons. The second-order valence-corrected chi connectivity index (χ2v) is 23.0. The maximum Gasteiger partial charge on any atom is 0.144 e. The quantitative estimate of drug-likeness (QED) is 0.0801. The highest BCUT2D eigenvalue weighted by Gasteiger charge is 2.29. The number of rotatable bonds is 18. The van der Waals surface area contributed by atoms with Crippen molar-refractivity contribution in [1.82, 2.24) is 0 Å². The second kappa shape index (κ2) is 23.4. The van der Waals surface area contributed by atoms with Gasteiger partial charge in [0.2, 0.25) is 0 Å². The van der Waals surface area contributed by atoms with Crippen LogP contribution in [0.5, 0.6) is 0 Å². The van der Waals surface area contributed by atoms with Gasteiger partial charge in [0.1, 0.15) is 22.7 Å². The molecule has 0 bridgehead atoms. The third-order valence-electron chi connectivity index (χ3n) is 17.5. The third-order valence-corrected chi connectivity index (χ3v) is 17.5. The molecule has 0 spiro atoms. The van der Waals surface area contributed by atoms with Crippen molar-refractivity contribution in [3.05, 3.63) is 266 Å². The van der Waals surface area contributed by atoms with E-state index < -0.39 is 0 Å². The van der Waals surface area contributed by atoms with Crippen molar-refractivity contribution in [3.8, 4) is 89.4 Å². The van der Waals surface area contributed by atoms with E-state index in [0.717, 1.165) is 118 Å². The standard InChI is InChI=1S/C82H68O2/c1-3-5-7-11-22-55-34-38-65(39-35-55)79-75(63-26-13-9-14-27-63)73-53-71(61-45-42-58(43-46-61)68-51-44-57-24-17-18-30-67(57)52-68)77-78(82(73)84-79)72(62-49-47-60(48-50-62)70-33-21-31-59-25-19-20-32-69(59)70)54-74-76(64-28-15-10-16-29-64)80(83-81(74)77)66-40-36-56(37-41-66)23-12-8-6-4-2/h9-10,13-21,24-54H,3-8,11-12,22-23H2,1-2H3. The zero-order chi connectivity index (χ0) is 56.3. The zero-order valence-electron chi connectivity index (χ0n) is 48.1. The minimum Gasteiger partial charge on any atom is -0.455 e. The van der Waals surface area contributed by atoms with Crippen LogP contribution in [0, 0.1) is 0 Å². The number of furan rings is 2. The summed E-state index contributed by atoms with van der Waals surface area (Å²) in [6.07, 6.45) is 12.0. The van der Waals surface area contributed by atoms with Crippen LogP contribution in [0.3, 0.4) is 0 Å². The van der Waals surface area contributed by atoms with Crippen LogP contribution in [-0.4, -0.2) is 0 Å². The lowest BCUT2D eigenvalue weighted by Crippen LogP contribution is -1.90. The van der Waals surface area contributed by atoms with Crippen LogP contribution in [-0.2, 0) is 12.8 Å². The molecular formula is C82H68O2. The first-order valence-corrected chi connectivity index (χ1v) is 30.6. The van der Waals surface area contributed by atoms with Crippen molar-refractivity contribution in [2.24, 2.45) is 0 Å². The van der Waals surface area contributed by atoms with Gasteiger partial charge in [-0.25, -0.2) is 0 Å². The molecule has 0 saturated heterocycles. The van der Waals surface area contributed by atoms with E-state index in [-0.39, 0.29) is 0 Å². The van der Waals surface area contributed by atoms with Gasteiger partial charge in [-0.3, -0.25) is 0 Å². The first-order chi connectivity index (χ1) is 41.6. The molecule has 2 nitrogen and oxygen atoms in total. The number of fused-ring (bicyclic) bond motifs is 7. The smallest absolute Gasteiger partial charge is 0.144 e. The molecule has 0 aliphatic heterocycles. The number of hydrogen-bond donors (Lipinski definition) is 0. The molecule has 0 unspecified atom stereocenters. The molecule has 84 heavy (non-hydrogen) atoms. The van der Waals surface area contributed by atoms with Crippen molar-refractivity contribution >= 4 is 54.3 Å². The highest BCUT2D eigenvalue weighted by atomic mass is 16.3. The van der Waals surface area contributed by atoms with Gasteiger partial charge >= 0.3 is 0 Å². The highest BCUT2D eigenvalue weighted by molar-refractivity contribution is 6.29. The van der Waals surface area contributed by atoms with Crippen LogP contribution < -0.4 is 0 Å². The molecule has 0 fully saturated rings. The van der Waals surface area contributed by atoms with Crippen LogP contribution >= 0.6 is 0 Å². The molecule has 0 aliphatic rings. The lowest BCUT2D eigenvalue weighted by molar-refractivity contribution is 0.633. The van der Waals surface area contributed by atoms with Crippen LogP contribution in [0.2, 0.25) is 0 Å². The summed E-state index contributed by atoms with van der Waals surface area (Å²) < 4.78 is 15.4. The summed E-state index contributed by atoms with van der Waals surface area (Å²) in [6.45, 7) is 4.55. The third kappa shape index (κ3) is 10.1. The monoisotopic (exact) mass is 1080 g/mol. The number of aryl methyl sites for hydroxylation is 2. The van der Waals surface area contributed by atoms with Crippen LogP contribution in [0.1, 0.15) is 76.3 Å². The Morgan fingerprint density at radius 2 is 0.679 bits per heavy atom. The molecule has 2 heteroatoms. The Kier molecular flexibility index (Phi) is 14.6. The van der Waals surface area contributed by atoms with E-state index in [1.807, 2.05) is 0 Å². The van der Waals surface area contributed by atoms with Gasteiger partial charge in [-0.1, -0.05) is 289 Å². The second-order valence-electron chi connectivity index (χ2n) is 23.0. The fourth-order valence-electron chi connectivity index (χ4n) is 13.0. The van der Waals surface area contributed by atoms with E-state index >= 15 is 0 Å². The van der Waals surface area contributed by atoms with Crippen LogP contribution in [0.15, 0.2) is 264 Å². The average Bonchev–Trinajstić information content (AvgIpc) is 2.39. The summed E-state index contributed by atoms with van der Waals surface area (Å²) in [6, 6.07) is 94.0. The summed E-state index contributed by atoms with van der Waals surface area (Å²) >= 11 is 0. The lowest BCUT2D eigenvalue weighted by Gasteiger charge is -2.15. The predicted molar refractivity (Wildman–Crippen MR) is 358 cm³/mol. The topological polar surface area (TPSA) is 26.3 Å². The maximum atomic E-state index is 7.69. The highest BCUT2D eigenvalue weighted by Crippen LogP contribution is 2.53. The molecule has 12 aromatic carbocycles. The lowest BCUT2D eigenvalue weighted by atomic mass is 9.86. The summed E-state index contributed by atoms with van der Waals surface area (Å²) in [4.78, 5) is 0. The minimum absolute atomic E-state index is 0.834. The molecule has 0 N–H and O–H groups in total. The zero-order valence-corrected chi connectivity index (χ0v) is 48.1. The van der Waals surface area contributed by atoms with Crippen molar-refractivity contribution in [2.75, 3.05) is 0 Å². The SMILES string of the molecule is CCCCCCc1ccc(-c2oc3c(cc(-c4ccc(-c5cccc6ccccc56)cc4)c4c5oc(-c6ccc(CCCCCC)cc6)c(-c6ccccc6)c5cc(-c5ccc(-c6ccc7ccccc7c6)cc5)c34)c2-c2ccccc2)cc1. The Balaban J connectivity index is 1.07.